The van der Waals surface area contributed by atoms with Crippen LogP contribution in [0.5, 0.6) is 5.75 Å². The van der Waals surface area contributed by atoms with Gasteiger partial charge in [0.25, 0.3) is 0 Å². The zero-order chi connectivity index (χ0) is 21.2. The highest BCUT2D eigenvalue weighted by molar-refractivity contribution is 5.69. The highest BCUT2D eigenvalue weighted by Crippen LogP contribution is 2.45. The largest absolute Gasteiger partial charge is 1.00 e. The minimum atomic E-state index is -0.430. The van der Waals surface area contributed by atoms with Gasteiger partial charge in [0.2, 0.25) is 0 Å². The number of ether oxygens (including phenoxy) is 2. The van der Waals surface area contributed by atoms with Gasteiger partial charge in [0, 0.05) is 36.2 Å². The molecule has 1 aliphatic heterocycles. The fourth-order valence-corrected chi connectivity index (χ4v) is 4.47. The van der Waals surface area contributed by atoms with Crippen molar-refractivity contribution in [3.05, 3.63) is 60.4 Å². The Morgan fingerprint density at radius 2 is 1.68 bits per heavy atom. The Balaban J connectivity index is 0.00000272. The van der Waals surface area contributed by atoms with Gasteiger partial charge in [-0.2, -0.15) is 0 Å². The first-order valence-corrected chi connectivity index (χ1v) is 11.0. The van der Waals surface area contributed by atoms with Crippen LogP contribution in [0.4, 0.5) is 4.79 Å². The number of nitrogens with zero attached hydrogens (tertiary/aromatic N) is 2. The maximum atomic E-state index is 12.2. The molecule has 0 bridgehead atoms. The Labute approximate surface area is 196 Å². The predicted octanol–water partition coefficient (Wildman–Crippen LogP) is 1.58. The summed E-state index contributed by atoms with van der Waals surface area (Å²) in [4.78, 5) is 14.0. The minimum absolute atomic E-state index is 0. The zero-order valence-corrected chi connectivity index (χ0v) is 20.3. The van der Waals surface area contributed by atoms with Crippen molar-refractivity contribution in [3.63, 3.8) is 0 Å². The number of rotatable bonds is 4. The molecule has 2 aliphatic rings. The van der Waals surface area contributed by atoms with Crippen LogP contribution in [-0.2, 0) is 11.3 Å². The average Bonchev–Trinajstić information content (AvgIpc) is 2.68. The lowest BCUT2D eigenvalue weighted by Gasteiger charge is -2.53. The van der Waals surface area contributed by atoms with E-state index >= 15 is 0 Å². The maximum Gasteiger partial charge on any atom is 0.410 e. The SMILES string of the molecule is CC(C)(C)OC(=O)N1CC2(CCC(Oc3cc[n+](Cc4ccccc4)cc3)CC2)C1.[Br-]. The van der Waals surface area contributed by atoms with E-state index in [1.807, 2.05) is 31.7 Å². The molecule has 1 saturated carbocycles. The summed E-state index contributed by atoms with van der Waals surface area (Å²) in [7, 11) is 0. The molecule has 1 spiro atoms. The van der Waals surface area contributed by atoms with Crippen molar-refractivity contribution in [2.24, 2.45) is 5.41 Å². The minimum Gasteiger partial charge on any atom is -1.00 e. The number of halogens is 1. The van der Waals surface area contributed by atoms with E-state index in [0.29, 0.717) is 0 Å². The van der Waals surface area contributed by atoms with Crippen molar-refractivity contribution in [1.82, 2.24) is 4.90 Å². The third kappa shape index (κ3) is 6.22. The number of carbonyl (C=O) groups is 1. The number of likely N-dealkylation sites (tertiary alicyclic amines) is 1. The number of carbonyl (C=O) groups excluding carboxylic acids is 1. The molecular formula is C25H33BrN2O3. The Kier molecular flexibility index (Phi) is 7.30. The van der Waals surface area contributed by atoms with Crippen LogP contribution < -0.4 is 26.3 Å². The van der Waals surface area contributed by atoms with Crippen molar-refractivity contribution in [1.29, 1.82) is 0 Å². The molecule has 5 nitrogen and oxygen atoms in total. The van der Waals surface area contributed by atoms with Gasteiger partial charge in [0.15, 0.2) is 18.9 Å². The number of benzene rings is 1. The van der Waals surface area contributed by atoms with Gasteiger partial charge in [0.05, 0.1) is 6.10 Å². The normalized spacial score (nSPS) is 18.1. The third-order valence-corrected chi connectivity index (χ3v) is 6.07. The van der Waals surface area contributed by atoms with E-state index in [0.717, 1.165) is 51.1 Å². The van der Waals surface area contributed by atoms with Gasteiger partial charge in [-0.15, -0.1) is 0 Å². The van der Waals surface area contributed by atoms with E-state index in [-0.39, 0.29) is 34.6 Å². The number of aromatic nitrogens is 1. The lowest BCUT2D eigenvalue weighted by molar-refractivity contribution is -0.688. The molecule has 0 atom stereocenters. The lowest BCUT2D eigenvalue weighted by atomic mass is 9.68. The summed E-state index contributed by atoms with van der Waals surface area (Å²) in [6, 6.07) is 14.6. The molecule has 6 heteroatoms. The molecule has 2 heterocycles. The molecule has 2 fully saturated rings. The van der Waals surface area contributed by atoms with Gasteiger partial charge in [-0.1, -0.05) is 30.3 Å². The molecule has 168 valence electrons. The molecule has 4 rings (SSSR count). The second kappa shape index (κ2) is 9.60. The lowest BCUT2D eigenvalue weighted by Crippen LogP contribution is -3.00. The fraction of sp³-hybridized carbons (Fsp3) is 0.520. The number of amides is 1. The molecule has 0 radical (unpaired) electrons. The Hall–Kier alpha value is -2.08. The van der Waals surface area contributed by atoms with Crippen LogP contribution in [0.3, 0.4) is 0 Å². The van der Waals surface area contributed by atoms with Crippen LogP contribution in [0.2, 0.25) is 0 Å². The smallest absolute Gasteiger partial charge is 0.410 e. The first-order valence-electron chi connectivity index (χ1n) is 11.0. The standard InChI is InChI=1S/C25H33N2O3.BrH/c1-24(2,3)30-23(28)27-18-25(19-27)13-9-21(10-14-25)29-22-11-15-26(16-12-22)17-20-7-5-4-6-8-20;/h4-8,11-12,15-16,21H,9-10,13-14,17-19H2,1-3H3;1H/q+1;/p-1. The topological polar surface area (TPSA) is 42.6 Å². The van der Waals surface area contributed by atoms with Gasteiger partial charge in [-0.05, 0) is 46.5 Å². The van der Waals surface area contributed by atoms with Crippen LogP contribution >= 0.6 is 0 Å². The van der Waals surface area contributed by atoms with E-state index in [1.165, 1.54) is 5.56 Å². The van der Waals surface area contributed by atoms with Crippen molar-refractivity contribution < 1.29 is 35.8 Å². The fourth-order valence-electron chi connectivity index (χ4n) is 4.47. The van der Waals surface area contributed by atoms with E-state index in [2.05, 4.69) is 53.4 Å². The molecule has 1 aromatic carbocycles. The number of hydrogen-bond acceptors (Lipinski definition) is 3. The molecule has 0 unspecified atom stereocenters. The van der Waals surface area contributed by atoms with Gasteiger partial charge in [-0.3, -0.25) is 0 Å². The maximum absolute atomic E-state index is 12.2. The summed E-state index contributed by atoms with van der Waals surface area (Å²) >= 11 is 0. The molecular weight excluding hydrogens is 456 g/mol. The molecule has 1 aliphatic carbocycles. The van der Waals surface area contributed by atoms with Crippen LogP contribution in [-0.4, -0.2) is 35.8 Å². The van der Waals surface area contributed by atoms with Gasteiger partial charge >= 0.3 is 6.09 Å². The monoisotopic (exact) mass is 488 g/mol. The molecule has 1 aromatic heterocycles. The average molecular weight is 489 g/mol. The molecule has 0 N–H and O–H groups in total. The van der Waals surface area contributed by atoms with E-state index < -0.39 is 5.60 Å². The van der Waals surface area contributed by atoms with Crippen LogP contribution in [0, 0.1) is 5.41 Å². The van der Waals surface area contributed by atoms with Gasteiger partial charge in [0.1, 0.15) is 11.4 Å². The van der Waals surface area contributed by atoms with Gasteiger partial charge in [-0.25, -0.2) is 9.36 Å². The van der Waals surface area contributed by atoms with E-state index in [9.17, 15) is 4.79 Å². The molecule has 31 heavy (non-hydrogen) atoms. The van der Waals surface area contributed by atoms with E-state index in [1.54, 1.807) is 0 Å². The van der Waals surface area contributed by atoms with Crippen molar-refractivity contribution in [2.45, 2.75) is 64.7 Å². The Morgan fingerprint density at radius 1 is 1.06 bits per heavy atom. The van der Waals surface area contributed by atoms with Gasteiger partial charge < -0.3 is 31.4 Å². The molecule has 2 aromatic rings. The van der Waals surface area contributed by atoms with Crippen molar-refractivity contribution in [2.75, 3.05) is 13.1 Å². The summed E-state index contributed by atoms with van der Waals surface area (Å²) in [6.45, 7) is 8.24. The number of hydrogen-bond donors (Lipinski definition) is 0. The summed E-state index contributed by atoms with van der Waals surface area (Å²) in [5.74, 6) is 0.934. The summed E-state index contributed by atoms with van der Waals surface area (Å²) in [5.41, 5.74) is 1.13. The highest BCUT2D eigenvalue weighted by atomic mass is 79.9. The summed E-state index contributed by atoms with van der Waals surface area (Å²) < 4.78 is 13.9. The zero-order valence-electron chi connectivity index (χ0n) is 18.7. The molecule has 1 amide bonds. The second-order valence-corrected chi connectivity index (χ2v) is 9.85. The predicted molar refractivity (Wildman–Crippen MR) is 115 cm³/mol. The number of pyridine rings is 1. The van der Waals surface area contributed by atoms with Crippen LogP contribution in [0.25, 0.3) is 0 Å². The van der Waals surface area contributed by atoms with E-state index in [4.69, 9.17) is 9.47 Å². The second-order valence-electron chi connectivity index (χ2n) is 9.85. The van der Waals surface area contributed by atoms with Crippen LogP contribution in [0.15, 0.2) is 54.9 Å². The summed E-state index contributed by atoms with van der Waals surface area (Å²) in [5, 5.41) is 0. The first-order chi connectivity index (χ1) is 14.3. The van der Waals surface area contributed by atoms with Crippen LogP contribution in [0.1, 0.15) is 52.0 Å². The first kappa shape index (κ1) is 23.6. The molecule has 1 saturated heterocycles. The third-order valence-electron chi connectivity index (χ3n) is 6.07. The highest BCUT2D eigenvalue weighted by Gasteiger charge is 2.48. The Morgan fingerprint density at radius 3 is 2.26 bits per heavy atom. The quantitative estimate of drug-likeness (QED) is 0.613. The van der Waals surface area contributed by atoms with Crippen molar-refractivity contribution in [3.8, 4) is 5.75 Å². The van der Waals surface area contributed by atoms with Crippen molar-refractivity contribution >= 4 is 6.09 Å². The Bertz CT molecular complexity index is 849. The summed E-state index contributed by atoms with van der Waals surface area (Å²) in [6.07, 6.45) is 8.54.